The summed E-state index contributed by atoms with van der Waals surface area (Å²) < 4.78 is 28.3. The van der Waals surface area contributed by atoms with Gasteiger partial charge in [0, 0.05) is 30.7 Å². The number of nitrogens with zero attached hydrogens (tertiary/aromatic N) is 1. The zero-order valence-corrected chi connectivity index (χ0v) is 11.7. The Hall–Kier alpha value is -2.69. The molecule has 1 aromatic heterocycles. The molecule has 0 unspecified atom stereocenters. The van der Waals surface area contributed by atoms with Crippen LogP contribution in [0.5, 0.6) is 0 Å². The summed E-state index contributed by atoms with van der Waals surface area (Å²) in [6, 6.07) is 12.9. The largest absolute Gasteiger partial charge is 0.347 e. The average Bonchev–Trinajstić information content (AvgIpc) is 2.91. The molecule has 0 atom stereocenters. The van der Waals surface area contributed by atoms with Crippen LogP contribution in [0.15, 0.2) is 54.7 Å². The van der Waals surface area contributed by atoms with Gasteiger partial charge in [-0.1, -0.05) is 18.2 Å². The number of aryl methyl sites for hydroxylation is 1. The minimum Gasteiger partial charge on any atom is -0.347 e. The van der Waals surface area contributed by atoms with E-state index in [1.807, 2.05) is 41.1 Å². The van der Waals surface area contributed by atoms with E-state index < -0.39 is 11.6 Å². The highest BCUT2D eigenvalue weighted by Gasteiger charge is 2.09. The van der Waals surface area contributed by atoms with Gasteiger partial charge in [-0.2, -0.15) is 0 Å². The molecule has 0 aliphatic rings. The number of hydrogen-bond acceptors (Lipinski definition) is 1. The Labute approximate surface area is 126 Å². The monoisotopic (exact) mass is 300 g/mol. The molecule has 0 spiro atoms. The van der Waals surface area contributed by atoms with Crippen LogP contribution in [0.1, 0.15) is 6.42 Å². The lowest BCUT2D eigenvalue weighted by atomic mass is 10.2. The van der Waals surface area contributed by atoms with Crippen molar-refractivity contribution in [3.8, 4) is 0 Å². The standard InChI is InChI=1S/C17H14F2N2O/c18-13-5-6-15(14(19)11-13)20-17(22)8-10-21-9-7-12-3-1-2-4-16(12)21/h1-7,9,11H,8,10H2,(H,20,22). The van der Waals surface area contributed by atoms with Crippen molar-refractivity contribution in [1.82, 2.24) is 4.57 Å². The second-order valence-corrected chi connectivity index (χ2v) is 4.99. The lowest BCUT2D eigenvalue weighted by molar-refractivity contribution is -0.116. The van der Waals surface area contributed by atoms with Crippen LogP contribution in [0.25, 0.3) is 10.9 Å². The molecule has 0 saturated carbocycles. The first kappa shape index (κ1) is 14.3. The van der Waals surface area contributed by atoms with Crippen molar-refractivity contribution >= 4 is 22.5 Å². The lowest BCUT2D eigenvalue weighted by Crippen LogP contribution is -2.15. The van der Waals surface area contributed by atoms with E-state index in [0.29, 0.717) is 6.54 Å². The number of carbonyl (C=O) groups excluding carboxylic acids is 1. The van der Waals surface area contributed by atoms with Crippen molar-refractivity contribution < 1.29 is 13.6 Å². The van der Waals surface area contributed by atoms with Crippen molar-refractivity contribution in [3.63, 3.8) is 0 Å². The van der Waals surface area contributed by atoms with Crippen LogP contribution in [0.4, 0.5) is 14.5 Å². The molecule has 0 aliphatic carbocycles. The number of amides is 1. The third-order valence-electron chi connectivity index (χ3n) is 3.47. The molecule has 0 fully saturated rings. The summed E-state index contributed by atoms with van der Waals surface area (Å²) in [4.78, 5) is 11.9. The number of hydrogen-bond donors (Lipinski definition) is 1. The van der Waals surface area contributed by atoms with Gasteiger partial charge in [-0.05, 0) is 29.7 Å². The molecule has 0 saturated heterocycles. The van der Waals surface area contributed by atoms with Gasteiger partial charge in [0.1, 0.15) is 11.6 Å². The minimum absolute atomic E-state index is 0.0104. The summed E-state index contributed by atoms with van der Waals surface area (Å²) in [7, 11) is 0. The maximum absolute atomic E-state index is 13.5. The van der Waals surface area contributed by atoms with Gasteiger partial charge in [-0.3, -0.25) is 4.79 Å². The fourth-order valence-electron chi connectivity index (χ4n) is 2.36. The molecular weight excluding hydrogens is 286 g/mol. The number of para-hydroxylation sites is 1. The van der Waals surface area contributed by atoms with Crippen molar-refractivity contribution in [1.29, 1.82) is 0 Å². The van der Waals surface area contributed by atoms with E-state index in [1.165, 1.54) is 6.07 Å². The van der Waals surface area contributed by atoms with Gasteiger partial charge >= 0.3 is 0 Å². The van der Waals surface area contributed by atoms with Crippen LogP contribution in [-0.4, -0.2) is 10.5 Å². The Morgan fingerprint density at radius 1 is 1.09 bits per heavy atom. The SMILES string of the molecule is O=C(CCn1ccc2ccccc21)Nc1ccc(F)cc1F. The number of fused-ring (bicyclic) bond motifs is 1. The molecule has 3 aromatic rings. The maximum atomic E-state index is 13.5. The molecular formula is C17H14F2N2O. The molecule has 0 aliphatic heterocycles. The Morgan fingerprint density at radius 2 is 1.91 bits per heavy atom. The molecule has 0 radical (unpaired) electrons. The third kappa shape index (κ3) is 2.98. The molecule has 0 bridgehead atoms. The summed E-state index contributed by atoms with van der Waals surface area (Å²) in [5.41, 5.74) is 1.03. The number of carbonyl (C=O) groups is 1. The first-order valence-electron chi connectivity index (χ1n) is 6.92. The van der Waals surface area contributed by atoms with Gasteiger partial charge in [-0.15, -0.1) is 0 Å². The number of aromatic nitrogens is 1. The minimum atomic E-state index is -0.778. The fraction of sp³-hybridized carbons (Fsp3) is 0.118. The summed E-state index contributed by atoms with van der Waals surface area (Å²) >= 11 is 0. The zero-order chi connectivity index (χ0) is 15.5. The highest BCUT2D eigenvalue weighted by atomic mass is 19.1. The molecule has 5 heteroatoms. The highest BCUT2D eigenvalue weighted by molar-refractivity contribution is 5.91. The van der Waals surface area contributed by atoms with Crippen molar-refractivity contribution in [2.45, 2.75) is 13.0 Å². The normalized spacial score (nSPS) is 10.8. The fourth-order valence-corrected chi connectivity index (χ4v) is 2.36. The van der Waals surface area contributed by atoms with Crippen LogP contribution in [0.3, 0.4) is 0 Å². The Balaban J connectivity index is 1.65. The van der Waals surface area contributed by atoms with Crippen LogP contribution in [0.2, 0.25) is 0 Å². The van der Waals surface area contributed by atoms with Crippen LogP contribution < -0.4 is 5.32 Å². The number of rotatable bonds is 4. The second kappa shape index (κ2) is 5.97. The lowest BCUT2D eigenvalue weighted by Gasteiger charge is -2.08. The van der Waals surface area contributed by atoms with E-state index in [9.17, 15) is 13.6 Å². The van der Waals surface area contributed by atoms with Crippen molar-refractivity contribution in [2.24, 2.45) is 0 Å². The first-order valence-corrected chi connectivity index (χ1v) is 6.92. The van der Waals surface area contributed by atoms with E-state index in [0.717, 1.165) is 23.0 Å². The molecule has 2 aromatic carbocycles. The van der Waals surface area contributed by atoms with Gasteiger partial charge in [0.2, 0.25) is 5.91 Å². The number of nitrogens with one attached hydrogen (secondary N) is 1. The van der Waals surface area contributed by atoms with Crippen LogP contribution in [-0.2, 0) is 11.3 Å². The van der Waals surface area contributed by atoms with Crippen LogP contribution >= 0.6 is 0 Å². The Kier molecular flexibility index (Phi) is 3.87. The molecule has 22 heavy (non-hydrogen) atoms. The smallest absolute Gasteiger partial charge is 0.226 e. The number of halogens is 2. The van der Waals surface area contributed by atoms with E-state index in [4.69, 9.17) is 0 Å². The van der Waals surface area contributed by atoms with E-state index in [2.05, 4.69) is 5.32 Å². The van der Waals surface area contributed by atoms with E-state index >= 15 is 0 Å². The highest BCUT2D eigenvalue weighted by Crippen LogP contribution is 2.17. The molecule has 1 amide bonds. The summed E-state index contributed by atoms with van der Waals surface area (Å²) in [5.74, 6) is -1.77. The molecule has 3 nitrogen and oxygen atoms in total. The Morgan fingerprint density at radius 3 is 2.73 bits per heavy atom. The van der Waals surface area contributed by atoms with E-state index in [-0.39, 0.29) is 18.0 Å². The summed E-state index contributed by atoms with van der Waals surface area (Å²) in [5, 5.41) is 3.56. The van der Waals surface area contributed by atoms with Crippen molar-refractivity contribution in [2.75, 3.05) is 5.32 Å². The zero-order valence-electron chi connectivity index (χ0n) is 11.7. The summed E-state index contributed by atoms with van der Waals surface area (Å²) in [6.45, 7) is 0.488. The van der Waals surface area contributed by atoms with Gasteiger partial charge in [0.05, 0.1) is 5.69 Å². The van der Waals surface area contributed by atoms with Gasteiger partial charge in [-0.25, -0.2) is 8.78 Å². The maximum Gasteiger partial charge on any atom is 0.226 e. The number of anilines is 1. The third-order valence-corrected chi connectivity index (χ3v) is 3.47. The van der Waals surface area contributed by atoms with E-state index in [1.54, 1.807) is 0 Å². The summed E-state index contributed by atoms with van der Waals surface area (Å²) in [6.07, 6.45) is 2.12. The van der Waals surface area contributed by atoms with Gasteiger partial charge in [0.25, 0.3) is 0 Å². The average molecular weight is 300 g/mol. The molecule has 1 N–H and O–H groups in total. The number of benzene rings is 2. The second-order valence-electron chi connectivity index (χ2n) is 4.99. The first-order chi connectivity index (χ1) is 10.6. The van der Waals surface area contributed by atoms with Gasteiger partial charge in [0.15, 0.2) is 0 Å². The molecule has 1 heterocycles. The predicted molar refractivity (Wildman–Crippen MR) is 81.5 cm³/mol. The molecule has 3 rings (SSSR count). The Bertz CT molecular complexity index is 826. The van der Waals surface area contributed by atoms with Crippen molar-refractivity contribution in [3.05, 3.63) is 66.4 Å². The quantitative estimate of drug-likeness (QED) is 0.778. The van der Waals surface area contributed by atoms with Crippen LogP contribution in [0, 0.1) is 11.6 Å². The molecule has 112 valence electrons. The van der Waals surface area contributed by atoms with Gasteiger partial charge < -0.3 is 9.88 Å². The topological polar surface area (TPSA) is 34.0 Å². The predicted octanol–water partition coefficient (Wildman–Crippen LogP) is 3.95.